The van der Waals surface area contributed by atoms with Crippen LogP contribution in [0, 0.1) is 45.3 Å². The van der Waals surface area contributed by atoms with Gasteiger partial charge in [0.1, 0.15) is 35.4 Å². The normalized spacial score (nSPS) is 13.1. The number of halogens is 12. The van der Waals surface area contributed by atoms with Crippen LogP contribution in [0.15, 0.2) is 83.9 Å². The zero-order valence-electron chi connectivity index (χ0n) is 27.7. The zero-order valence-corrected chi connectivity index (χ0v) is 28.5. The van der Waals surface area contributed by atoms with Crippen LogP contribution in [0.3, 0.4) is 0 Å². The number of alkyl halides is 12. The molecule has 7 rings (SSSR count). The molecule has 4 aromatic carbocycles. The van der Waals surface area contributed by atoms with Crippen LogP contribution in [0.4, 0.5) is 52.7 Å². The summed E-state index contributed by atoms with van der Waals surface area (Å²) < 4.78 is 165. The fourth-order valence-electron chi connectivity index (χ4n) is 6.85. The molecule has 5 aromatic rings. The Balaban J connectivity index is 1.46. The van der Waals surface area contributed by atoms with E-state index in [0.717, 1.165) is 11.3 Å². The van der Waals surface area contributed by atoms with Crippen molar-refractivity contribution in [2.75, 3.05) is 0 Å². The molecular formula is C40H12F12N4S. The highest BCUT2D eigenvalue weighted by Crippen LogP contribution is 2.61. The van der Waals surface area contributed by atoms with Gasteiger partial charge in [0.25, 0.3) is 0 Å². The summed E-state index contributed by atoms with van der Waals surface area (Å²) in [6, 6.07) is 16.4. The van der Waals surface area contributed by atoms with E-state index in [2.05, 4.69) is 0 Å². The average molecular weight is 809 g/mol. The molecule has 0 saturated heterocycles. The molecule has 2 aliphatic rings. The molecule has 0 radical (unpaired) electrons. The molecule has 17 heteroatoms. The van der Waals surface area contributed by atoms with E-state index in [1.165, 1.54) is 36.4 Å². The molecular weight excluding hydrogens is 797 g/mol. The van der Waals surface area contributed by atoms with Gasteiger partial charge in [-0.15, -0.1) is 11.3 Å². The first-order chi connectivity index (χ1) is 26.6. The van der Waals surface area contributed by atoms with Crippen molar-refractivity contribution in [3.63, 3.8) is 0 Å². The minimum atomic E-state index is -5.17. The Morgan fingerprint density at radius 1 is 0.386 bits per heavy atom. The Kier molecular flexibility index (Phi) is 8.68. The van der Waals surface area contributed by atoms with Crippen molar-refractivity contribution in [2.24, 2.45) is 0 Å². The van der Waals surface area contributed by atoms with Gasteiger partial charge in [0.2, 0.25) is 0 Å². The van der Waals surface area contributed by atoms with Crippen molar-refractivity contribution in [1.82, 2.24) is 0 Å². The summed E-state index contributed by atoms with van der Waals surface area (Å²) in [7, 11) is 0. The molecule has 1 heterocycles. The molecule has 0 N–H and O–H groups in total. The maximum atomic E-state index is 13.7. The second-order valence-corrected chi connectivity index (χ2v) is 13.6. The Bertz CT molecular complexity index is 2550. The lowest BCUT2D eigenvalue weighted by Gasteiger charge is -2.15. The van der Waals surface area contributed by atoms with Gasteiger partial charge >= 0.3 is 24.7 Å². The standard InChI is InChI=1S/C40H12F12N4S/c41-37(42,43)23-5-19(6-24(11-23)38(44,45)46)17-1-3-27-29(9-17)31(21(13-53)14-54)33-34-32(22(15-55)16-56)30-10-18(2-4-28(30)36(34)57-35(27)33)20-7-25(39(47,48)49)12-26(8-20)40(50,51)52/h1-12H. The van der Waals surface area contributed by atoms with Gasteiger partial charge in [-0.25, -0.2) is 0 Å². The zero-order chi connectivity index (χ0) is 41.6. The first-order valence-corrected chi connectivity index (χ1v) is 16.6. The molecule has 0 unspecified atom stereocenters. The van der Waals surface area contributed by atoms with E-state index >= 15 is 0 Å². The average Bonchev–Trinajstić information content (AvgIpc) is 3.77. The van der Waals surface area contributed by atoms with Crippen molar-refractivity contribution in [3.05, 3.63) is 128 Å². The molecule has 0 aliphatic heterocycles. The maximum Gasteiger partial charge on any atom is 0.416 e. The van der Waals surface area contributed by atoms with Crippen LogP contribution in [0.25, 0.3) is 54.3 Å². The molecule has 0 spiro atoms. The van der Waals surface area contributed by atoms with Gasteiger partial charge in [0.15, 0.2) is 0 Å². The lowest BCUT2D eigenvalue weighted by molar-refractivity contribution is -0.144. The summed E-state index contributed by atoms with van der Waals surface area (Å²) in [5.41, 5.74) is -8.30. The Labute approximate surface area is 316 Å². The van der Waals surface area contributed by atoms with E-state index in [-0.39, 0.29) is 67.8 Å². The third-order valence-corrected chi connectivity index (χ3v) is 10.5. The number of thiophene rings is 1. The van der Waals surface area contributed by atoms with E-state index in [4.69, 9.17) is 0 Å². The number of nitriles is 4. The SMILES string of the molecule is N#CC(C#N)=C1c2cc(-c3cc(C(F)(F)F)cc(C(F)(F)F)c3)ccc2-c2sc3c(c21)C(=C(C#N)C#N)c1cc(-c2cc(C(F)(F)F)cc(C(F)(F)F)c2)ccc1-3. The molecule has 0 amide bonds. The molecule has 282 valence electrons. The third-order valence-electron chi connectivity index (χ3n) is 9.26. The number of rotatable bonds is 2. The van der Waals surface area contributed by atoms with Crippen LogP contribution in [0.1, 0.15) is 44.5 Å². The van der Waals surface area contributed by atoms with E-state index in [1.807, 2.05) is 0 Å². The number of nitrogens with zero attached hydrogens (tertiary/aromatic N) is 4. The molecule has 2 aliphatic carbocycles. The number of benzene rings is 4. The highest BCUT2D eigenvalue weighted by atomic mass is 32.1. The first kappa shape index (κ1) is 38.5. The van der Waals surface area contributed by atoms with Gasteiger partial charge in [-0.3, -0.25) is 0 Å². The molecule has 0 fully saturated rings. The predicted octanol–water partition coefficient (Wildman–Crippen LogP) is 12.8. The number of hydrogen-bond acceptors (Lipinski definition) is 5. The smallest absolute Gasteiger partial charge is 0.192 e. The van der Waals surface area contributed by atoms with Gasteiger partial charge in [-0.05, 0) is 81.9 Å². The predicted molar refractivity (Wildman–Crippen MR) is 181 cm³/mol. The van der Waals surface area contributed by atoms with Gasteiger partial charge in [-0.2, -0.15) is 73.7 Å². The molecule has 0 saturated carbocycles. The van der Waals surface area contributed by atoms with Gasteiger partial charge in [0, 0.05) is 43.2 Å². The highest BCUT2D eigenvalue weighted by molar-refractivity contribution is 7.20. The van der Waals surface area contributed by atoms with Crippen molar-refractivity contribution in [1.29, 1.82) is 21.0 Å². The third kappa shape index (κ3) is 6.36. The van der Waals surface area contributed by atoms with Crippen LogP contribution in [0.2, 0.25) is 0 Å². The molecule has 1 aromatic heterocycles. The summed E-state index contributed by atoms with van der Waals surface area (Å²) in [5, 5.41) is 40.3. The minimum Gasteiger partial charge on any atom is -0.192 e. The number of fused-ring (bicyclic) bond motifs is 7. The minimum absolute atomic E-state index is 0.0377. The maximum absolute atomic E-state index is 13.7. The van der Waals surface area contributed by atoms with E-state index < -0.39 is 69.2 Å². The van der Waals surface area contributed by atoms with Crippen LogP contribution in [-0.2, 0) is 24.7 Å². The number of hydrogen-bond donors (Lipinski definition) is 0. The van der Waals surface area contributed by atoms with Crippen LogP contribution in [-0.4, -0.2) is 0 Å². The fraction of sp³-hybridized carbons (Fsp3) is 0.100. The monoisotopic (exact) mass is 808 g/mol. The number of allylic oxidation sites excluding steroid dienone is 2. The second kappa shape index (κ2) is 12.9. The van der Waals surface area contributed by atoms with E-state index in [1.54, 1.807) is 24.3 Å². The second-order valence-electron chi connectivity index (χ2n) is 12.6. The molecule has 0 atom stereocenters. The summed E-state index contributed by atoms with van der Waals surface area (Å²) >= 11 is 1.01. The fourth-order valence-corrected chi connectivity index (χ4v) is 8.24. The summed E-state index contributed by atoms with van der Waals surface area (Å²) in [4.78, 5) is 0.657. The first-order valence-electron chi connectivity index (χ1n) is 15.8. The Morgan fingerprint density at radius 3 is 0.947 bits per heavy atom. The van der Waals surface area contributed by atoms with Crippen LogP contribution >= 0.6 is 11.3 Å². The van der Waals surface area contributed by atoms with Crippen molar-refractivity contribution >= 4 is 22.5 Å². The quantitative estimate of drug-likeness (QED) is 0.128. The summed E-state index contributed by atoms with van der Waals surface area (Å²) in [6.07, 6.45) is -20.7. The highest BCUT2D eigenvalue weighted by Gasteiger charge is 2.42. The van der Waals surface area contributed by atoms with Crippen LogP contribution < -0.4 is 0 Å². The van der Waals surface area contributed by atoms with Crippen molar-refractivity contribution in [3.8, 4) is 67.4 Å². The lowest BCUT2D eigenvalue weighted by Crippen LogP contribution is -2.11. The largest absolute Gasteiger partial charge is 0.416 e. The summed E-state index contributed by atoms with van der Waals surface area (Å²) in [5.74, 6) is 0. The topological polar surface area (TPSA) is 95.2 Å². The van der Waals surface area contributed by atoms with E-state index in [0.29, 0.717) is 34.0 Å². The van der Waals surface area contributed by atoms with E-state index in [9.17, 15) is 73.7 Å². The summed E-state index contributed by atoms with van der Waals surface area (Å²) in [6.45, 7) is 0. The molecule has 57 heavy (non-hydrogen) atoms. The van der Waals surface area contributed by atoms with Gasteiger partial charge in [-0.1, -0.05) is 24.3 Å². The van der Waals surface area contributed by atoms with Crippen molar-refractivity contribution < 1.29 is 52.7 Å². The van der Waals surface area contributed by atoms with Gasteiger partial charge in [0.05, 0.1) is 22.3 Å². The van der Waals surface area contributed by atoms with Crippen molar-refractivity contribution in [2.45, 2.75) is 24.7 Å². The van der Waals surface area contributed by atoms with Gasteiger partial charge < -0.3 is 0 Å². The Hall–Kier alpha value is -6.82. The Morgan fingerprint density at radius 2 is 0.684 bits per heavy atom. The lowest BCUT2D eigenvalue weighted by atomic mass is 9.90. The molecule has 4 nitrogen and oxygen atoms in total. The molecule has 0 bridgehead atoms. The van der Waals surface area contributed by atoms with Crippen LogP contribution in [0.5, 0.6) is 0 Å².